The summed E-state index contributed by atoms with van der Waals surface area (Å²) in [6.07, 6.45) is 3.90. The molecule has 2 heteroatoms. The van der Waals surface area contributed by atoms with Crippen LogP contribution in [0.15, 0.2) is 30.5 Å². The van der Waals surface area contributed by atoms with Gasteiger partial charge in [0.1, 0.15) is 5.78 Å². The van der Waals surface area contributed by atoms with E-state index in [1.807, 2.05) is 18.3 Å². The summed E-state index contributed by atoms with van der Waals surface area (Å²) in [7, 11) is 0. The Balaban J connectivity index is 2.30. The van der Waals surface area contributed by atoms with E-state index in [1.165, 1.54) is 16.3 Å². The van der Waals surface area contributed by atoms with Gasteiger partial charge in [-0.1, -0.05) is 24.3 Å². The number of ketones is 1. The Bertz CT molecular complexity index is 545. The van der Waals surface area contributed by atoms with Crippen LogP contribution in [0.2, 0.25) is 0 Å². The van der Waals surface area contributed by atoms with E-state index in [2.05, 4.69) is 17.1 Å². The van der Waals surface area contributed by atoms with Gasteiger partial charge in [0, 0.05) is 24.4 Å². The summed E-state index contributed by atoms with van der Waals surface area (Å²) in [6, 6.07) is 8.24. The van der Waals surface area contributed by atoms with Crippen molar-refractivity contribution < 1.29 is 4.79 Å². The second kappa shape index (κ2) is 3.16. The molecule has 0 fully saturated rings. The number of hydrogen-bond acceptors (Lipinski definition) is 2. The maximum atomic E-state index is 11.3. The van der Waals surface area contributed by atoms with Gasteiger partial charge in [0.05, 0.1) is 5.69 Å². The molecule has 0 saturated carbocycles. The molecule has 0 aliphatic heterocycles. The van der Waals surface area contributed by atoms with Gasteiger partial charge in [0.25, 0.3) is 0 Å². The minimum atomic E-state index is 0.310. The molecule has 0 saturated heterocycles. The van der Waals surface area contributed by atoms with E-state index in [-0.39, 0.29) is 0 Å². The van der Waals surface area contributed by atoms with Crippen molar-refractivity contribution in [1.82, 2.24) is 4.98 Å². The first-order valence-corrected chi connectivity index (χ1v) is 5.22. The Morgan fingerprint density at radius 3 is 2.93 bits per heavy atom. The molecule has 0 atom stereocenters. The summed E-state index contributed by atoms with van der Waals surface area (Å²) in [4.78, 5) is 15.7. The second-order valence-electron chi connectivity index (χ2n) is 3.99. The van der Waals surface area contributed by atoms with Crippen molar-refractivity contribution in [2.75, 3.05) is 0 Å². The number of rotatable bonds is 0. The van der Waals surface area contributed by atoms with Gasteiger partial charge in [0.2, 0.25) is 0 Å². The fraction of sp³-hybridized carbons (Fsp3) is 0.231. The van der Waals surface area contributed by atoms with Crippen molar-refractivity contribution in [2.45, 2.75) is 19.3 Å². The highest BCUT2D eigenvalue weighted by atomic mass is 16.1. The van der Waals surface area contributed by atoms with Crippen LogP contribution in [0.1, 0.15) is 17.7 Å². The minimum absolute atomic E-state index is 0.310. The van der Waals surface area contributed by atoms with Crippen molar-refractivity contribution in [3.63, 3.8) is 0 Å². The summed E-state index contributed by atoms with van der Waals surface area (Å²) < 4.78 is 0. The predicted molar refractivity (Wildman–Crippen MR) is 58.8 cm³/mol. The molecule has 15 heavy (non-hydrogen) atoms. The summed E-state index contributed by atoms with van der Waals surface area (Å²) in [6.45, 7) is 0. The highest BCUT2D eigenvalue weighted by Gasteiger charge is 2.18. The number of Topliss-reactive ketones (excluding diaryl/α,β-unsaturated/α-hetero) is 1. The molecule has 0 N–H and O–H groups in total. The Labute approximate surface area is 87.9 Å². The molecule has 0 spiro atoms. The molecule has 0 radical (unpaired) electrons. The smallest absolute Gasteiger partial charge is 0.139 e. The van der Waals surface area contributed by atoms with E-state index in [0.29, 0.717) is 18.6 Å². The number of pyridine rings is 1. The number of aromatic nitrogens is 1. The molecule has 1 aliphatic carbocycles. The average molecular weight is 197 g/mol. The lowest BCUT2D eigenvalue weighted by Gasteiger charge is -2.15. The molecule has 1 heterocycles. The van der Waals surface area contributed by atoms with Crippen LogP contribution in [-0.2, 0) is 17.6 Å². The monoisotopic (exact) mass is 197 g/mol. The third-order valence-corrected chi connectivity index (χ3v) is 3.01. The van der Waals surface area contributed by atoms with Crippen LogP contribution in [0.25, 0.3) is 10.8 Å². The molecule has 1 aromatic carbocycles. The molecule has 1 aromatic heterocycles. The lowest BCUT2D eigenvalue weighted by atomic mass is 9.91. The average Bonchev–Trinajstić information content (AvgIpc) is 2.28. The maximum Gasteiger partial charge on any atom is 0.139 e. The van der Waals surface area contributed by atoms with Gasteiger partial charge in [-0.2, -0.15) is 0 Å². The highest BCUT2D eigenvalue weighted by Crippen LogP contribution is 2.25. The third-order valence-electron chi connectivity index (χ3n) is 3.01. The van der Waals surface area contributed by atoms with Crippen molar-refractivity contribution in [2.24, 2.45) is 0 Å². The van der Waals surface area contributed by atoms with Crippen LogP contribution < -0.4 is 0 Å². The van der Waals surface area contributed by atoms with Crippen LogP contribution in [0.3, 0.4) is 0 Å². The predicted octanol–water partition coefficient (Wildman–Crippen LogP) is 2.29. The summed E-state index contributed by atoms with van der Waals surface area (Å²) in [5.74, 6) is 0.310. The van der Waals surface area contributed by atoms with E-state index in [9.17, 15) is 4.79 Å². The largest absolute Gasteiger partial charge is 0.299 e. The van der Waals surface area contributed by atoms with Crippen LogP contribution >= 0.6 is 0 Å². The summed E-state index contributed by atoms with van der Waals surface area (Å²) in [5, 5.41) is 2.43. The van der Waals surface area contributed by atoms with E-state index in [4.69, 9.17) is 0 Å². The number of hydrogen-bond donors (Lipinski definition) is 0. The van der Waals surface area contributed by atoms with Crippen molar-refractivity contribution in [3.05, 3.63) is 41.7 Å². The zero-order chi connectivity index (χ0) is 10.3. The Kier molecular flexibility index (Phi) is 1.81. The first kappa shape index (κ1) is 8.60. The normalized spacial score (nSPS) is 15.3. The Hall–Kier alpha value is -1.70. The number of carbonyl (C=O) groups is 1. The quantitative estimate of drug-likeness (QED) is 0.648. The summed E-state index contributed by atoms with van der Waals surface area (Å²) >= 11 is 0. The van der Waals surface area contributed by atoms with Gasteiger partial charge in [-0.05, 0) is 17.4 Å². The lowest BCUT2D eigenvalue weighted by molar-refractivity contribution is -0.118. The number of carbonyl (C=O) groups excluding carboxylic acids is 1. The number of fused-ring (bicyclic) bond motifs is 3. The molecule has 3 rings (SSSR count). The molecular formula is C13H11NO. The number of nitrogens with zero attached hydrogens (tertiary/aromatic N) is 1. The van der Waals surface area contributed by atoms with E-state index in [0.717, 1.165) is 12.1 Å². The van der Waals surface area contributed by atoms with Gasteiger partial charge in [-0.15, -0.1) is 0 Å². The third kappa shape index (κ3) is 1.33. The molecule has 0 unspecified atom stereocenters. The van der Waals surface area contributed by atoms with Crippen LogP contribution in [-0.4, -0.2) is 10.8 Å². The van der Waals surface area contributed by atoms with E-state index in [1.54, 1.807) is 0 Å². The SMILES string of the molecule is O=C1CCc2c(ncc3ccccc23)C1. The van der Waals surface area contributed by atoms with Crippen LogP contribution in [0, 0.1) is 0 Å². The van der Waals surface area contributed by atoms with Gasteiger partial charge in [-0.25, -0.2) is 0 Å². The molecule has 1 aliphatic rings. The van der Waals surface area contributed by atoms with Gasteiger partial charge in [0.15, 0.2) is 0 Å². The molecule has 2 nitrogen and oxygen atoms in total. The van der Waals surface area contributed by atoms with Crippen LogP contribution in [0.4, 0.5) is 0 Å². The van der Waals surface area contributed by atoms with E-state index < -0.39 is 0 Å². The van der Waals surface area contributed by atoms with Gasteiger partial charge >= 0.3 is 0 Å². The number of benzene rings is 1. The fourth-order valence-corrected chi connectivity index (χ4v) is 2.24. The topological polar surface area (TPSA) is 30.0 Å². The first-order valence-electron chi connectivity index (χ1n) is 5.22. The van der Waals surface area contributed by atoms with Crippen molar-refractivity contribution in [1.29, 1.82) is 0 Å². The van der Waals surface area contributed by atoms with E-state index >= 15 is 0 Å². The second-order valence-corrected chi connectivity index (χ2v) is 3.99. The zero-order valence-corrected chi connectivity index (χ0v) is 8.36. The van der Waals surface area contributed by atoms with Crippen LogP contribution in [0.5, 0.6) is 0 Å². The Morgan fingerprint density at radius 1 is 1.13 bits per heavy atom. The molecular weight excluding hydrogens is 186 g/mol. The molecule has 2 aromatic rings. The standard InChI is InChI=1S/C13H11NO/c15-10-5-6-12-11-4-2-1-3-9(11)8-14-13(12)7-10/h1-4,8H,5-7H2. The minimum Gasteiger partial charge on any atom is -0.299 e. The lowest BCUT2D eigenvalue weighted by Crippen LogP contribution is -2.15. The first-order chi connectivity index (χ1) is 7.34. The molecule has 0 amide bonds. The Morgan fingerprint density at radius 2 is 2.00 bits per heavy atom. The van der Waals surface area contributed by atoms with Gasteiger partial charge < -0.3 is 0 Å². The molecule has 0 bridgehead atoms. The molecule has 74 valence electrons. The number of aryl methyl sites for hydroxylation is 1. The summed E-state index contributed by atoms with van der Waals surface area (Å²) in [5.41, 5.74) is 2.25. The fourth-order valence-electron chi connectivity index (χ4n) is 2.24. The zero-order valence-electron chi connectivity index (χ0n) is 8.36. The van der Waals surface area contributed by atoms with Gasteiger partial charge in [-0.3, -0.25) is 9.78 Å². The van der Waals surface area contributed by atoms with Crippen molar-refractivity contribution >= 4 is 16.6 Å². The van der Waals surface area contributed by atoms with Crippen molar-refractivity contribution in [3.8, 4) is 0 Å². The maximum absolute atomic E-state index is 11.3. The highest BCUT2D eigenvalue weighted by molar-refractivity contribution is 5.90.